The maximum Gasteiger partial charge on any atom is 0.278 e. The first kappa shape index (κ1) is 12.9. The predicted octanol–water partition coefficient (Wildman–Crippen LogP) is 1.58. The third-order valence-corrected chi connectivity index (χ3v) is 3.04. The number of H-pyrrole nitrogens is 1. The topological polar surface area (TPSA) is 123 Å². The van der Waals surface area contributed by atoms with Crippen LogP contribution in [0.25, 0.3) is 10.8 Å². The second kappa shape index (κ2) is 5.12. The minimum atomic E-state index is -0.414. The van der Waals surface area contributed by atoms with Crippen LogP contribution in [0.3, 0.4) is 0 Å². The van der Waals surface area contributed by atoms with Crippen molar-refractivity contribution in [1.29, 1.82) is 0 Å². The second-order valence-electron chi connectivity index (χ2n) is 4.44. The van der Waals surface area contributed by atoms with Crippen molar-refractivity contribution in [3.8, 4) is 0 Å². The van der Waals surface area contributed by atoms with Gasteiger partial charge in [-0.1, -0.05) is 5.21 Å². The van der Waals surface area contributed by atoms with Gasteiger partial charge in [0.05, 0.1) is 16.9 Å². The number of benzene rings is 1. The Morgan fingerprint density at radius 3 is 2.95 bits per heavy atom. The standard InChI is InChI=1S/C12H11N7O2/c1-7-4-8-9(5-13-7)11(19(20)21)3-2-10(8)14-6-12-15-17-18-16-12/h2-5,14H,6H2,1H3,(H,15,16,17,18). The van der Waals surface area contributed by atoms with E-state index in [1.54, 1.807) is 12.1 Å². The summed E-state index contributed by atoms with van der Waals surface area (Å²) in [6, 6.07) is 4.93. The van der Waals surface area contributed by atoms with Crippen molar-refractivity contribution in [2.24, 2.45) is 0 Å². The van der Waals surface area contributed by atoms with Crippen molar-refractivity contribution in [3.05, 3.63) is 46.0 Å². The molecule has 0 saturated heterocycles. The van der Waals surface area contributed by atoms with Crippen LogP contribution in [0.15, 0.2) is 24.4 Å². The van der Waals surface area contributed by atoms with Crippen LogP contribution in [-0.4, -0.2) is 30.5 Å². The van der Waals surface area contributed by atoms with Crippen LogP contribution >= 0.6 is 0 Å². The monoisotopic (exact) mass is 285 g/mol. The molecular formula is C12H11N7O2. The third kappa shape index (κ3) is 2.48. The number of anilines is 1. The number of nitrogens with zero attached hydrogens (tertiary/aromatic N) is 5. The van der Waals surface area contributed by atoms with Gasteiger partial charge in [0, 0.05) is 29.0 Å². The fourth-order valence-corrected chi connectivity index (χ4v) is 2.07. The Hall–Kier alpha value is -3.10. The molecule has 0 unspecified atom stereocenters. The molecule has 21 heavy (non-hydrogen) atoms. The quantitative estimate of drug-likeness (QED) is 0.551. The van der Waals surface area contributed by atoms with Gasteiger partial charge < -0.3 is 5.32 Å². The summed E-state index contributed by atoms with van der Waals surface area (Å²) in [6.07, 6.45) is 1.52. The van der Waals surface area contributed by atoms with E-state index in [1.807, 2.05) is 6.92 Å². The molecule has 2 N–H and O–H groups in total. The highest BCUT2D eigenvalue weighted by Crippen LogP contribution is 2.31. The average Bonchev–Trinajstić information content (AvgIpc) is 2.97. The van der Waals surface area contributed by atoms with Crippen LogP contribution < -0.4 is 5.32 Å². The number of nitro groups is 1. The van der Waals surface area contributed by atoms with Crippen molar-refractivity contribution in [1.82, 2.24) is 25.6 Å². The Bertz CT molecular complexity index is 801. The number of aryl methyl sites for hydroxylation is 1. The molecule has 0 spiro atoms. The number of non-ortho nitro benzene ring substituents is 1. The maximum atomic E-state index is 11.1. The number of aromatic nitrogens is 5. The molecule has 9 heteroatoms. The molecule has 2 aromatic heterocycles. The Labute approximate surface area is 118 Å². The smallest absolute Gasteiger partial charge is 0.278 e. The lowest BCUT2D eigenvalue weighted by atomic mass is 10.1. The molecule has 0 radical (unpaired) electrons. The maximum absolute atomic E-state index is 11.1. The summed E-state index contributed by atoms with van der Waals surface area (Å²) in [4.78, 5) is 14.8. The summed E-state index contributed by atoms with van der Waals surface area (Å²) in [7, 11) is 0. The van der Waals surface area contributed by atoms with Gasteiger partial charge in [-0.15, -0.1) is 10.2 Å². The van der Waals surface area contributed by atoms with E-state index in [-0.39, 0.29) is 5.69 Å². The van der Waals surface area contributed by atoms with Crippen molar-refractivity contribution in [2.45, 2.75) is 13.5 Å². The van der Waals surface area contributed by atoms with Crippen molar-refractivity contribution < 1.29 is 4.92 Å². The van der Waals surface area contributed by atoms with Crippen molar-refractivity contribution in [3.63, 3.8) is 0 Å². The van der Waals surface area contributed by atoms with Crippen LogP contribution in [0.5, 0.6) is 0 Å². The number of fused-ring (bicyclic) bond motifs is 1. The van der Waals surface area contributed by atoms with E-state index in [0.717, 1.165) is 16.8 Å². The van der Waals surface area contributed by atoms with Gasteiger partial charge in [-0.05, 0) is 19.1 Å². The zero-order valence-electron chi connectivity index (χ0n) is 11.1. The summed E-state index contributed by atoms with van der Waals surface area (Å²) in [5.41, 5.74) is 1.57. The first-order chi connectivity index (χ1) is 10.1. The number of pyridine rings is 1. The van der Waals surface area contributed by atoms with Crippen LogP contribution in [-0.2, 0) is 6.54 Å². The third-order valence-electron chi connectivity index (χ3n) is 3.04. The second-order valence-corrected chi connectivity index (χ2v) is 4.44. The molecule has 2 heterocycles. The normalized spacial score (nSPS) is 10.7. The summed E-state index contributed by atoms with van der Waals surface area (Å²) in [5.74, 6) is 0.507. The lowest BCUT2D eigenvalue weighted by molar-refractivity contribution is -0.383. The molecule has 0 fully saturated rings. The minimum Gasteiger partial charge on any atom is -0.377 e. The Morgan fingerprint density at radius 2 is 2.24 bits per heavy atom. The SMILES string of the molecule is Cc1cc2c(NCc3nn[nH]n3)ccc([N+](=O)[O-])c2cn1. The molecule has 0 saturated carbocycles. The van der Waals surface area contributed by atoms with Gasteiger partial charge >= 0.3 is 0 Å². The molecule has 0 atom stereocenters. The highest BCUT2D eigenvalue weighted by molar-refractivity contribution is 5.99. The molecule has 0 amide bonds. The highest BCUT2D eigenvalue weighted by atomic mass is 16.6. The highest BCUT2D eigenvalue weighted by Gasteiger charge is 2.15. The Balaban J connectivity index is 2.04. The molecule has 0 aliphatic heterocycles. The summed E-state index contributed by atoms with van der Waals surface area (Å²) < 4.78 is 0. The summed E-state index contributed by atoms with van der Waals surface area (Å²) >= 11 is 0. The first-order valence-electron chi connectivity index (χ1n) is 6.15. The lowest BCUT2D eigenvalue weighted by Crippen LogP contribution is -2.03. The molecule has 0 aliphatic rings. The van der Waals surface area contributed by atoms with Gasteiger partial charge in [0.2, 0.25) is 0 Å². The number of hydrogen-bond acceptors (Lipinski definition) is 7. The number of tetrazole rings is 1. The largest absolute Gasteiger partial charge is 0.377 e. The molecule has 9 nitrogen and oxygen atoms in total. The number of aromatic amines is 1. The zero-order valence-corrected chi connectivity index (χ0v) is 11.1. The predicted molar refractivity (Wildman–Crippen MR) is 74.6 cm³/mol. The van der Waals surface area contributed by atoms with E-state index < -0.39 is 4.92 Å². The van der Waals surface area contributed by atoms with E-state index in [1.165, 1.54) is 12.3 Å². The molecule has 3 aromatic rings. The molecule has 1 aromatic carbocycles. The van der Waals surface area contributed by atoms with Gasteiger partial charge in [0.15, 0.2) is 5.82 Å². The number of nitro benzene ring substituents is 1. The zero-order chi connectivity index (χ0) is 14.8. The van der Waals surface area contributed by atoms with E-state index in [4.69, 9.17) is 0 Å². The molecule has 3 rings (SSSR count). The van der Waals surface area contributed by atoms with E-state index in [0.29, 0.717) is 17.8 Å². The Kier molecular flexibility index (Phi) is 3.14. The number of hydrogen-bond donors (Lipinski definition) is 2. The van der Waals surface area contributed by atoms with Gasteiger partial charge in [-0.3, -0.25) is 15.1 Å². The first-order valence-corrected chi connectivity index (χ1v) is 6.15. The molecule has 106 valence electrons. The minimum absolute atomic E-state index is 0.0302. The summed E-state index contributed by atoms with van der Waals surface area (Å²) in [5, 5.41) is 29.0. The van der Waals surface area contributed by atoms with Crippen LogP contribution in [0.2, 0.25) is 0 Å². The van der Waals surface area contributed by atoms with Gasteiger partial charge in [-0.2, -0.15) is 5.21 Å². The van der Waals surface area contributed by atoms with Crippen molar-refractivity contribution >= 4 is 22.1 Å². The van der Waals surface area contributed by atoms with Crippen LogP contribution in [0, 0.1) is 17.0 Å². The fourth-order valence-electron chi connectivity index (χ4n) is 2.07. The van der Waals surface area contributed by atoms with Crippen molar-refractivity contribution in [2.75, 3.05) is 5.32 Å². The lowest BCUT2D eigenvalue weighted by Gasteiger charge is -2.09. The number of rotatable bonds is 4. The molecule has 0 aliphatic carbocycles. The number of nitrogens with one attached hydrogen (secondary N) is 2. The summed E-state index contributed by atoms with van der Waals surface area (Å²) in [6.45, 7) is 2.20. The average molecular weight is 285 g/mol. The van der Waals surface area contributed by atoms with Gasteiger partial charge in [-0.25, -0.2) is 0 Å². The van der Waals surface area contributed by atoms with Crippen LogP contribution in [0.1, 0.15) is 11.5 Å². The molecule has 0 bridgehead atoms. The Morgan fingerprint density at radius 1 is 1.38 bits per heavy atom. The molecular weight excluding hydrogens is 274 g/mol. The van der Waals surface area contributed by atoms with Gasteiger partial charge in [0.25, 0.3) is 5.69 Å². The van der Waals surface area contributed by atoms with Crippen LogP contribution in [0.4, 0.5) is 11.4 Å². The van der Waals surface area contributed by atoms with Gasteiger partial charge in [0.1, 0.15) is 0 Å². The van der Waals surface area contributed by atoms with E-state index in [2.05, 4.69) is 30.9 Å². The van der Waals surface area contributed by atoms with E-state index >= 15 is 0 Å². The van der Waals surface area contributed by atoms with E-state index in [9.17, 15) is 10.1 Å². The fraction of sp³-hybridized carbons (Fsp3) is 0.167.